The molecule has 2 unspecified atom stereocenters. The topological polar surface area (TPSA) is 97.3 Å². The summed E-state index contributed by atoms with van der Waals surface area (Å²) in [5, 5.41) is 12.6. The molecular weight excluding hydrogens is 400 g/mol. The van der Waals surface area contributed by atoms with E-state index in [4.69, 9.17) is 14.2 Å². The summed E-state index contributed by atoms with van der Waals surface area (Å²) in [7, 11) is 4.52. The molecule has 31 heavy (non-hydrogen) atoms. The second kappa shape index (κ2) is 10.2. The third-order valence-corrected chi connectivity index (χ3v) is 5.35. The van der Waals surface area contributed by atoms with Crippen molar-refractivity contribution < 1.29 is 28.9 Å². The number of nitrogens with one attached hydrogen (secondary N) is 1. The van der Waals surface area contributed by atoms with E-state index in [9.17, 15) is 14.7 Å². The first-order valence-corrected chi connectivity index (χ1v) is 10.1. The smallest absolute Gasteiger partial charge is 0.227 e. The number of anilines is 1. The van der Waals surface area contributed by atoms with E-state index < -0.39 is 12.0 Å². The minimum absolute atomic E-state index is 0.0893. The van der Waals surface area contributed by atoms with Crippen LogP contribution < -0.4 is 24.4 Å². The lowest BCUT2D eigenvalue weighted by Gasteiger charge is -2.21. The molecule has 8 nitrogen and oxygen atoms in total. The van der Waals surface area contributed by atoms with Crippen molar-refractivity contribution in [1.29, 1.82) is 0 Å². The summed E-state index contributed by atoms with van der Waals surface area (Å²) in [4.78, 5) is 27.0. The average Bonchev–Trinajstić information content (AvgIpc) is 3.19. The predicted molar refractivity (Wildman–Crippen MR) is 116 cm³/mol. The second-order valence-electron chi connectivity index (χ2n) is 7.37. The van der Waals surface area contributed by atoms with Crippen LogP contribution in [0.1, 0.15) is 12.0 Å². The van der Waals surface area contributed by atoms with Crippen molar-refractivity contribution in [1.82, 2.24) is 5.32 Å². The summed E-state index contributed by atoms with van der Waals surface area (Å²) in [6.45, 7) is 0.0463. The fourth-order valence-corrected chi connectivity index (χ4v) is 3.73. The number of amides is 2. The summed E-state index contributed by atoms with van der Waals surface area (Å²) in [6.07, 6.45) is 0.603. The Labute approximate surface area is 181 Å². The third kappa shape index (κ3) is 5.08. The van der Waals surface area contributed by atoms with Gasteiger partial charge in [0.05, 0.1) is 45.6 Å². The maximum atomic E-state index is 12.8. The van der Waals surface area contributed by atoms with Gasteiger partial charge in [-0.25, -0.2) is 0 Å². The Kier molecular flexibility index (Phi) is 7.36. The van der Waals surface area contributed by atoms with E-state index in [1.54, 1.807) is 17.0 Å². The molecule has 1 saturated heterocycles. The van der Waals surface area contributed by atoms with Crippen molar-refractivity contribution in [3.63, 3.8) is 0 Å². The summed E-state index contributed by atoms with van der Waals surface area (Å²) in [5.41, 5.74) is 1.58. The highest BCUT2D eigenvalue weighted by molar-refractivity contribution is 6.00. The first-order valence-electron chi connectivity index (χ1n) is 10.1. The van der Waals surface area contributed by atoms with E-state index in [1.165, 1.54) is 21.3 Å². The quantitative estimate of drug-likeness (QED) is 0.632. The molecule has 1 aliphatic heterocycles. The first kappa shape index (κ1) is 22.4. The van der Waals surface area contributed by atoms with Gasteiger partial charge in [-0.15, -0.1) is 0 Å². The SMILES string of the molecule is COc1cc(N2CC(C(=O)NC(CO)Cc3ccccc3)CC2=O)cc(OC)c1OC. The van der Waals surface area contributed by atoms with Gasteiger partial charge in [0.1, 0.15) is 0 Å². The number of hydrogen-bond acceptors (Lipinski definition) is 6. The number of rotatable bonds is 9. The van der Waals surface area contributed by atoms with Crippen LogP contribution in [0.2, 0.25) is 0 Å². The molecule has 8 heteroatoms. The number of hydrogen-bond donors (Lipinski definition) is 2. The molecule has 0 bridgehead atoms. The monoisotopic (exact) mass is 428 g/mol. The van der Waals surface area contributed by atoms with Crippen LogP contribution in [0.4, 0.5) is 5.69 Å². The first-order chi connectivity index (χ1) is 15.0. The minimum atomic E-state index is -0.517. The van der Waals surface area contributed by atoms with Crippen molar-refractivity contribution >= 4 is 17.5 Å². The average molecular weight is 428 g/mol. The maximum Gasteiger partial charge on any atom is 0.227 e. The Balaban J connectivity index is 1.71. The number of nitrogens with zero attached hydrogens (tertiary/aromatic N) is 1. The van der Waals surface area contributed by atoms with E-state index in [0.29, 0.717) is 29.4 Å². The molecule has 0 aliphatic carbocycles. The van der Waals surface area contributed by atoms with Gasteiger partial charge in [-0.2, -0.15) is 0 Å². The zero-order valence-electron chi connectivity index (χ0n) is 18.0. The van der Waals surface area contributed by atoms with Crippen LogP contribution in [-0.4, -0.2) is 57.4 Å². The Morgan fingerprint density at radius 1 is 1.13 bits per heavy atom. The fraction of sp³-hybridized carbons (Fsp3) is 0.391. The van der Waals surface area contributed by atoms with Crippen molar-refractivity contribution in [2.24, 2.45) is 5.92 Å². The second-order valence-corrected chi connectivity index (χ2v) is 7.37. The molecule has 2 atom stereocenters. The number of benzene rings is 2. The lowest BCUT2D eigenvalue weighted by Crippen LogP contribution is -2.43. The lowest BCUT2D eigenvalue weighted by atomic mass is 10.0. The zero-order chi connectivity index (χ0) is 22.4. The fourth-order valence-electron chi connectivity index (χ4n) is 3.73. The molecule has 0 spiro atoms. The van der Waals surface area contributed by atoms with E-state index in [2.05, 4.69) is 5.32 Å². The molecule has 0 saturated carbocycles. The molecule has 1 fully saturated rings. The number of carbonyl (C=O) groups is 2. The molecule has 0 aromatic heterocycles. The number of aliphatic hydroxyl groups is 1. The third-order valence-electron chi connectivity index (χ3n) is 5.35. The van der Waals surface area contributed by atoms with Crippen LogP contribution in [0.3, 0.4) is 0 Å². The Morgan fingerprint density at radius 3 is 2.32 bits per heavy atom. The van der Waals surface area contributed by atoms with Gasteiger partial charge in [0.25, 0.3) is 0 Å². The molecule has 2 N–H and O–H groups in total. The predicted octanol–water partition coefficient (Wildman–Crippen LogP) is 1.79. The van der Waals surface area contributed by atoms with Gasteiger partial charge in [-0.1, -0.05) is 30.3 Å². The number of carbonyl (C=O) groups excluding carboxylic acids is 2. The van der Waals surface area contributed by atoms with Crippen LogP contribution >= 0.6 is 0 Å². The molecule has 3 rings (SSSR count). The lowest BCUT2D eigenvalue weighted by molar-refractivity contribution is -0.127. The van der Waals surface area contributed by atoms with Gasteiger partial charge in [0, 0.05) is 25.1 Å². The summed E-state index contributed by atoms with van der Waals surface area (Å²) < 4.78 is 16.1. The summed E-state index contributed by atoms with van der Waals surface area (Å²) in [5.74, 6) is 0.357. The molecule has 2 aromatic rings. The van der Waals surface area contributed by atoms with Crippen LogP contribution in [0.15, 0.2) is 42.5 Å². The Hall–Kier alpha value is -3.26. The Bertz CT molecular complexity index is 893. The Morgan fingerprint density at radius 2 is 1.77 bits per heavy atom. The highest BCUT2D eigenvalue weighted by atomic mass is 16.5. The molecule has 1 heterocycles. The van der Waals surface area contributed by atoms with E-state index >= 15 is 0 Å². The van der Waals surface area contributed by atoms with Gasteiger partial charge in [-0.3, -0.25) is 9.59 Å². The van der Waals surface area contributed by atoms with Crippen LogP contribution in [0.25, 0.3) is 0 Å². The van der Waals surface area contributed by atoms with E-state index in [0.717, 1.165) is 5.56 Å². The molecule has 166 valence electrons. The number of methoxy groups -OCH3 is 3. The van der Waals surface area contributed by atoms with E-state index in [-0.39, 0.29) is 31.4 Å². The van der Waals surface area contributed by atoms with Crippen LogP contribution in [-0.2, 0) is 16.0 Å². The van der Waals surface area contributed by atoms with Gasteiger partial charge in [0.2, 0.25) is 17.6 Å². The largest absolute Gasteiger partial charge is 0.493 e. The summed E-state index contributed by atoms with van der Waals surface area (Å²) in [6, 6.07) is 12.6. The van der Waals surface area contributed by atoms with Crippen molar-refractivity contribution in [2.45, 2.75) is 18.9 Å². The van der Waals surface area contributed by atoms with Crippen LogP contribution in [0, 0.1) is 5.92 Å². The highest BCUT2D eigenvalue weighted by Gasteiger charge is 2.36. The maximum absolute atomic E-state index is 12.8. The van der Waals surface area contributed by atoms with E-state index in [1.807, 2.05) is 30.3 Å². The van der Waals surface area contributed by atoms with Gasteiger partial charge >= 0.3 is 0 Å². The molecule has 1 aliphatic rings. The number of ether oxygens (including phenoxy) is 3. The highest BCUT2D eigenvalue weighted by Crippen LogP contribution is 2.42. The zero-order valence-corrected chi connectivity index (χ0v) is 18.0. The van der Waals surface area contributed by atoms with Crippen LogP contribution in [0.5, 0.6) is 17.2 Å². The molecule has 0 radical (unpaired) electrons. The molecule has 2 amide bonds. The van der Waals surface area contributed by atoms with Crippen molar-refractivity contribution in [2.75, 3.05) is 39.4 Å². The van der Waals surface area contributed by atoms with Gasteiger partial charge in [-0.05, 0) is 12.0 Å². The normalized spacial score (nSPS) is 16.7. The molecule has 2 aromatic carbocycles. The minimum Gasteiger partial charge on any atom is -0.493 e. The summed E-state index contributed by atoms with van der Waals surface area (Å²) >= 11 is 0. The number of aliphatic hydroxyl groups excluding tert-OH is 1. The van der Waals surface area contributed by atoms with Crippen molar-refractivity contribution in [3.8, 4) is 17.2 Å². The molecular formula is C23H28N2O6. The van der Waals surface area contributed by atoms with Crippen molar-refractivity contribution in [3.05, 3.63) is 48.0 Å². The van der Waals surface area contributed by atoms with Gasteiger partial charge in [0.15, 0.2) is 11.5 Å². The standard InChI is InChI=1S/C23H28N2O6/c1-29-19-11-18(12-20(30-2)22(19)31-3)25-13-16(10-21(25)27)23(28)24-17(14-26)9-15-7-5-4-6-8-15/h4-8,11-12,16-17,26H,9-10,13-14H2,1-3H3,(H,24,28). The van der Waals surface area contributed by atoms with Gasteiger partial charge < -0.3 is 29.5 Å².